The van der Waals surface area contributed by atoms with Gasteiger partial charge >= 0.3 is 0 Å². The average Bonchev–Trinajstić information content (AvgIpc) is 2.87. The zero-order valence-electron chi connectivity index (χ0n) is 11.9. The summed E-state index contributed by atoms with van der Waals surface area (Å²) in [6.07, 6.45) is 2.26. The number of benzene rings is 1. The van der Waals surface area contributed by atoms with Gasteiger partial charge < -0.3 is 4.90 Å². The predicted molar refractivity (Wildman–Crippen MR) is 86.0 cm³/mol. The van der Waals surface area contributed by atoms with Crippen molar-refractivity contribution in [3.8, 4) is 0 Å². The van der Waals surface area contributed by atoms with E-state index in [0.29, 0.717) is 10.8 Å². The van der Waals surface area contributed by atoms with E-state index < -0.39 is 10.0 Å². The minimum atomic E-state index is -3.39. The minimum absolute atomic E-state index is 0.407. The number of alkyl halides is 1. The van der Waals surface area contributed by atoms with E-state index in [-0.39, 0.29) is 0 Å². The normalized spacial score (nSPS) is 19.8. The van der Waals surface area contributed by atoms with Gasteiger partial charge in [0.15, 0.2) is 0 Å². The Hall–Kier alpha value is -0.590. The van der Waals surface area contributed by atoms with E-state index in [1.807, 2.05) is 12.1 Å². The second-order valence-electron chi connectivity index (χ2n) is 5.33. The van der Waals surface area contributed by atoms with Crippen molar-refractivity contribution in [3.05, 3.63) is 24.3 Å². The number of sulfonamides is 1. The average molecular weight is 361 g/mol. The van der Waals surface area contributed by atoms with Gasteiger partial charge in [0.1, 0.15) is 4.90 Å². The number of hydrogen-bond acceptors (Lipinski definition) is 3. The molecule has 1 fully saturated rings. The zero-order chi connectivity index (χ0) is 14.8. The zero-order valence-corrected chi connectivity index (χ0v) is 14.3. The van der Waals surface area contributed by atoms with E-state index >= 15 is 0 Å². The molecule has 1 aromatic carbocycles. The molecule has 1 unspecified atom stereocenters. The highest BCUT2D eigenvalue weighted by Crippen LogP contribution is 2.32. The van der Waals surface area contributed by atoms with Gasteiger partial charge in [0.2, 0.25) is 10.0 Å². The summed E-state index contributed by atoms with van der Waals surface area (Å²) >= 11 is 3.48. The SMILES string of the molecule is CN(C)S(=O)(=O)c1ccccc1N1CCC(CCBr)C1. The van der Waals surface area contributed by atoms with Crippen LogP contribution in [-0.2, 0) is 10.0 Å². The first-order valence-corrected chi connectivity index (χ1v) is 9.35. The quantitative estimate of drug-likeness (QED) is 0.757. The first-order chi connectivity index (χ1) is 9.46. The van der Waals surface area contributed by atoms with Crippen molar-refractivity contribution in [1.82, 2.24) is 4.31 Å². The first-order valence-electron chi connectivity index (χ1n) is 6.79. The van der Waals surface area contributed by atoms with Crippen molar-refractivity contribution >= 4 is 31.6 Å². The van der Waals surface area contributed by atoms with Crippen LogP contribution in [0.1, 0.15) is 12.8 Å². The Labute approximate surface area is 129 Å². The molecule has 0 aliphatic carbocycles. The van der Waals surface area contributed by atoms with Crippen molar-refractivity contribution in [2.45, 2.75) is 17.7 Å². The predicted octanol–water partition coefficient (Wildman–Crippen LogP) is 2.55. The topological polar surface area (TPSA) is 40.6 Å². The maximum Gasteiger partial charge on any atom is 0.244 e. The standard InChI is InChI=1S/C14H21BrN2O2S/c1-16(2)20(18,19)14-6-4-3-5-13(14)17-10-8-12(11-17)7-9-15/h3-6,12H,7-11H2,1-2H3. The third-order valence-electron chi connectivity index (χ3n) is 3.77. The molecule has 0 aromatic heterocycles. The van der Waals surface area contributed by atoms with Crippen molar-refractivity contribution in [2.75, 3.05) is 37.4 Å². The molecule has 4 nitrogen and oxygen atoms in total. The van der Waals surface area contributed by atoms with Gasteiger partial charge in [0, 0.05) is 32.5 Å². The molecule has 1 aromatic rings. The summed E-state index contributed by atoms with van der Waals surface area (Å²) in [6, 6.07) is 7.29. The van der Waals surface area contributed by atoms with Gasteiger partial charge in [0.05, 0.1) is 5.69 Å². The highest BCUT2D eigenvalue weighted by Gasteiger charge is 2.28. The molecule has 20 heavy (non-hydrogen) atoms. The van der Waals surface area contributed by atoms with Gasteiger partial charge in [-0.05, 0) is 30.9 Å². The molecule has 0 amide bonds. The number of rotatable bonds is 5. The maximum atomic E-state index is 12.4. The third-order valence-corrected chi connectivity index (χ3v) is 6.09. The fourth-order valence-electron chi connectivity index (χ4n) is 2.57. The third kappa shape index (κ3) is 3.18. The van der Waals surface area contributed by atoms with Crippen molar-refractivity contribution in [2.24, 2.45) is 5.92 Å². The molecule has 1 heterocycles. The minimum Gasteiger partial charge on any atom is -0.370 e. The molecule has 0 bridgehead atoms. The van der Waals surface area contributed by atoms with Crippen LogP contribution in [0.25, 0.3) is 0 Å². The molecule has 1 aliphatic rings. The van der Waals surface area contributed by atoms with Crippen LogP contribution in [0, 0.1) is 5.92 Å². The van der Waals surface area contributed by atoms with Crippen LogP contribution >= 0.6 is 15.9 Å². The lowest BCUT2D eigenvalue weighted by molar-refractivity contribution is 0.520. The molecule has 1 saturated heterocycles. The van der Waals surface area contributed by atoms with E-state index in [1.165, 1.54) is 4.31 Å². The highest BCUT2D eigenvalue weighted by atomic mass is 79.9. The lowest BCUT2D eigenvalue weighted by atomic mass is 10.1. The van der Waals surface area contributed by atoms with Crippen LogP contribution in [0.15, 0.2) is 29.2 Å². The molecule has 1 atom stereocenters. The van der Waals surface area contributed by atoms with Gasteiger partial charge in [0.25, 0.3) is 0 Å². The van der Waals surface area contributed by atoms with Crippen LogP contribution in [0.4, 0.5) is 5.69 Å². The van der Waals surface area contributed by atoms with Crippen molar-refractivity contribution < 1.29 is 8.42 Å². The molecule has 112 valence electrons. The Kier molecular flexibility index (Phi) is 5.09. The molecule has 6 heteroatoms. The summed E-state index contributed by atoms with van der Waals surface area (Å²) < 4.78 is 26.1. The number of anilines is 1. The number of nitrogens with zero attached hydrogens (tertiary/aromatic N) is 2. The molecular formula is C14H21BrN2O2S. The summed E-state index contributed by atoms with van der Waals surface area (Å²) in [4.78, 5) is 2.61. The van der Waals surface area contributed by atoms with E-state index in [2.05, 4.69) is 20.8 Å². The van der Waals surface area contributed by atoms with E-state index in [4.69, 9.17) is 0 Å². The van der Waals surface area contributed by atoms with E-state index in [0.717, 1.165) is 36.9 Å². The van der Waals surface area contributed by atoms with Gasteiger partial charge in [-0.25, -0.2) is 12.7 Å². The largest absolute Gasteiger partial charge is 0.370 e. The van der Waals surface area contributed by atoms with Crippen molar-refractivity contribution in [1.29, 1.82) is 0 Å². The van der Waals surface area contributed by atoms with Crippen LogP contribution < -0.4 is 4.90 Å². The van der Waals surface area contributed by atoms with Crippen LogP contribution in [0.5, 0.6) is 0 Å². The molecule has 0 spiro atoms. The Morgan fingerprint density at radius 3 is 2.70 bits per heavy atom. The summed E-state index contributed by atoms with van der Waals surface area (Å²) in [5.74, 6) is 0.643. The van der Waals surface area contributed by atoms with Gasteiger partial charge in [-0.1, -0.05) is 28.1 Å². The van der Waals surface area contributed by atoms with Gasteiger partial charge in [-0.15, -0.1) is 0 Å². The van der Waals surface area contributed by atoms with Gasteiger partial charge in [-0.3, -0.25) is 0 Å². The highest BCUT2D eigenvalue weighted by molar-refractivity contribution is 9.09. The molecule has 0 N–H and O–H groups in total. The molecule has 2 rings (SSSR count). The molecule has 1 aliphatic heterocycles. The number of para-hydroxylation sites is 1. The molecular weight excluding hydrogens is 340 g/mol. The fraction of sp³-hybridized carbons (Fsp3) is 0.571. The Balaban J connectivity index is 2.30. The monoisotopic (exact) mass is 360 g/mol. The lowest BCUT2D eigenvalue weighted by Gasteiger charge is -2.23. The summed E-state index contributed by atoms with van der Waals surface area (Å²) in [7, 11) is -0.246. The van der Waals surface area contributed by atoms with Crippen LogP contribution in [0.3, 0.4) is 0 Å². The maximum absolute atomic E-state index is 12.4. The fourth-order valence-corrected chi connectivity index (χ4v) is 4.33. The lowest BCUT2D eigenvalue weighted by Crippen LogP contribution is -2.27. The van der Waals surface area contributed by atoms with Gasteiger partial charge in [-0.2, -0.15) is 0 Å². The molecule has 0 saturated carbocycles. The Morgan fingerprint density at radius 1 is 1.35 bits per heavy atom. The number of halogens is 1. The van der Waals surface area contributed by atoms with E-state index in [1.54, 1.807) is 26.2 Å². The van der Waals surface area contributed by atoms with Crippen LogP contribution in [0.2, 0.25) is 0 Å². The first kappa shape index (κ1) is 15.8. The Bertz CT molecular complexity index is 560. The summed E-state index contributed by atoms with van der Waals surface area (Å²) in [5, 5.41) is 1.00. The Morgan fingerprint density at radius 2 is 2.05 bits per heavy atom. The van der Waals surface area contributed by atoms with Crippen LogP contribution in [-0.4, -0.2) is 45.2 Å². The van der Waals surface area contributed by atoms with E-state index in [9.17, 15) is 8.42 Å². The second-order valence-corrected chi connectivity index (χ2v) is 8.25. The number of hydrogen-bond donors (Lipinski definition) is 0. The van der Waals surface area contributed by atoms with Crippen molar-refractivity contribution in [3.63, 3.8) is 0 Å². The summed E-state index contributed by atoms with van der Waals surface area (Å²) in [5.41, 5.74) is 0.832. The smallest absolute Gasteiger partial charge is 0.244 e. The molecule has 0 radical (unpaired) electrons. The summed E-state index contributed by atoms with van der Waals surface area (Å²) in [6.45, 7) is 1.86. The second kappa shape index (κ2) is 6.45.